The second kappa shape index (κ2) is 25.3. The monoisotopic (exact) mass is 1460 g/mol. The molecule has 0 aliphatic heterocycles. The zero-order valence-electron chi connectivity index (χ0n) is 64.4. The zero-order valence-corrected chi connectivity index (χ0v) is 64.4. The normalized spacial score (nSPS) is 15.7. The van der Waals surface area contributed by atoms with Gasteiger partial charge in [-0.3, -0.25) is 0 Å². The maximum Gasteiger partial charge on any atom is 0.164 e. The van der Waals surface area contributed by atoms with Gasteiger partial charge in [-0.05, 0) is 150 Å². The van der Waals surface area contributed by atoms with E-state index in [0.717, 1.165) is 121 Å². The molecule has 2 atom stereocenters. The first-order valence-electron chi connectivity index (χ1n) is 39.2. The second-order valence-electron chi connectivity index (χ2n) is 32.9. The number of benzene rings is 14. The summed E-state index contributed by atoms with van der Waals surface area (Å²) in [6.07, 6.45) is 0. The summed E-state index contributed by atoms with van der Waals surface area (Å²) < 4.78 is 20.1. The van der Waals surface area contributed by atoms with E-state index >= 15 is 0 Å². The van der Waals surface area contributed by atoms with Crippen molar-refractivity contribution < 1.29 is 13.3 Å². The average molecular weight is 1460 g/mol. The summed E-state index contributed by atoms with van der Waals surface area (Å²) in [6, 6.07) is 107. The third-order valence-electron chi connectivity index (χ3n) is 25.2. The molecular weight excluding hydrogens is 1380 g/mol. The van der Waals surface area contributed by atoms with E-state index < -0.39 is 0 Å². The minimum Gasteiger partial charge on any atom is -0.456 e. The molecule has 9 heteroatoms. The van der Waals surface area contributed by atoms with E-state index in [1.165, 1.54) is 66.8 Å². The molecule has 5 aromatic heterocycles. The standard InChI is InChI=1S/C53H41N3O.C51H37N3O2/c1-31(2)53(5)43-23-12-9-19-36(43)38-27-28-39-37-26-25-34(30-45(37)57-48(39)47(38)53)33-17-13-18-35(29-33)50-54-49(32-15-7-6-8-16-32)55-51(56-50)41-21-14-24-44-46(41)40-20-10-11-22-42(40)52(44,3)4;1-50(2,3)51(4)40-21-10-8-18-34(40)36-26-27-37-35-25-24-32(29-43(35)56-46(37)45(36)51)31-16-12-17-33(28-31)48-52-47(30-14-6-5-7-15-30)53-49(54-48)39-20-13-23-42-44(39)38-19-9-11-22-41(38)55-42/h6-31H,1-5H3;5-29H,1-4H3. The molecule has 19 aromatic rings. The van der Waals surface area contributed by atoms with Gasteiger partial charge in [0.25, 0.3) is 0 Å². The van der Waals surface area contributed by atoms with Gasteiger partial charge in [-0.2, -0.15) is 0 Å². The Bertz CT molecular complexity index is 7160. The van der Waals surface area contributed by atoms with Crippen molar-refractivity contribution in [3.63, 3.8) is 0 Å². The Balaban J connectivity index is 0.000000142. The molecule has 113 heavy (non-hydrogen) atoms. The Morgan fingerprint density at radius 3 is 1.27 bits per heavy atom. The first-order chi connectivity index (χ1) is 55.0. The molecule has 0 N–H and O–H groups in total. The summed E-state index contributed by atoms with van der Waals surface area (Å²) >= 11 is 0. The van der Waals surface area contributed by atoms with Gasteiger partial charge < -0.3 is 13.3 Å². The van der Waals surface area contributed by atoms with E-state index in [-0.39, 0.29) is 21.7 Å². The highest BCUT2D eigenvalue weighted by Gasteiger charge is 2.50. The van der Waals surface area contributed by atoms with Gasteiger partial charge in [0.2, 0.25) is 0 Å². The quantitative estimate of drug-likeness (QED) is 0.139. The van der Waals surface area contributed by atoms with Crippen LogP contribution in [0.2, 0.25) is 0 Å². The lowest BCUT2D eigenvalue weighted by Gasteiger charge is -2.40. The molecule has 542 valence electrons. The van der Waals surface area contributed by atoms with Crippen molar-refractivity contribution in [3.05, 3.63) is 337 Å². The maximum absolute atomic E-state index is 6.94. The highest BCUT2D eigenvalue weighted by atomic mass is 16.3. The summed E-state index contributed by atoms with van der Waals surface area (Å²) in [5, 5.41) is 6.57. The van der Waals surface area contributed by atoms with Gasteiger partial charge in [0.1, 0.15) is 33.5 Å². The van der Waals surface area contributed by atoms with E-state index in [0.29, 0.717) is 40.9 Å². The highest BCUT2D eigenvalue weighted by Crippen LogP contribution is 2.61. The van der Waals surface area contributed by atoms with Crippen LogP contribution in [0.3, 0.4) is 0 Å². The van der Waals surface area contributed by atoms with Gasteiger partial charge in [0.05, 0.1) is 0 Å². The number of furan rings is 3. The van der Waals surface area contributed by atoms with Crippen molar-refractivity contribution in [2.75, 3.05) is 0 Å². The van der Waals surface area contributed by atoms with Crippen molar-refractivity contribution in [1.82, 2.24) is 29.9 Å². The van der Waals surface area contributed by atoms with Crippen molar-refractivity contribution >= 4 is 65.8 Å². The Hall–Kier alpha value is -13.5. The number of nitrogens with zero attached hydrogens (tertiary/aromatic N) is 6. The molecule has 9 nitrogen and oxygen atoms in total. The number of hydrogen-bond acceptors (Lipinski definition) is 9. The summed E-state index contributed by atoms with van der Waals surface area (Å²) in [5.41, 5.74) is 30.2. The van der Waals surface area contributed by atoms with Gasteiger partial charge in [0.15, 0.2) is 34.9 Å². The van der Waals surface area contributed by atoms with E-state index in [1.807, 2.05) is 78.9 Å². The van der Waals surface area contributed by atoms with Crippen molar-refractivity contribution in [3.8, 4) is 124 Å². The van der Waals surface area contributed by atoms with Gasteiger partial charge in [0, 0.05) is 93.1 Å². The van der Waals surface area contributed by atoms with Crippen molar-refractivity contribution in [1.29, 1.82) is 0 Å². The van der Waals surface area contributed by atoms with Gasteiger partial charge >= 0.3 is 0 Å². The van der Waals surface area contributed by atoms with Crippen LogP contribution in [0.4, 0.5) is 0 Å². The predicted octanol–water partition coefficient (Wildman–Crippen LogP) is 27.4. The number of hydrogen-bond donors (Lipinski definition) is 0. The van der Waals surface area contributed by atoms with E-state index in [2.05, 4.69) is 287 Å². The summed E-state index contributed by atoms with van der Waals surface area (Å²) in [4.78, 5) is 30.8. The summed E-state index contributed by atoms with van der Waals surface area (Å²) in [6.45, 7) is 21.0. The molecule has 2 unspecified atom stereocenters. The van der Waals surface area contributed by atoms with E-state index in [1.54, 1.807) is 0 Å². The molecule has 0 spiro atoms. The molecule has 0 fully saturated rings. The lowest BCUT2D eigenvalue weighted by molar-refractivity contribution is 0.255. The van der Waals surface area contributed by atoms with Crippen molar-refractivity contribution in [2.24, 2.45) is 11.3 Å². The molecule has 14 aromatic carbocycles. The smallest absolute Gasteiger partial charge is 0.164 e. The summed E-state index contributed by atoms with van der Waals surface area (Å²) in [7, 11) is 0. The Labute approximate surface area is 655 Å². The van der Waals surface area contributed by atoms with Crippen LogP contribution in [0.15, 0.2) is 317 Å². The van der Waals surface area contributed by atoms with Gasteiger partial charge in [-0.25, -0.2) is 29.9 Å². The maximum atomic E-state index is 6.94. The second-order valence-corrected chi connectivity index (χ2v) is 32.9. The van der Waals surface area contributed by atoms with Crippen LogP contribution in [-0.2, 0) is 16.2 Å². The lowest BCUT2D eigenvalue weighted by atomic mass is 9.62. The SMILES string of the molecule is CC(C)(C)C1(C)c2ccccc2-c2ccc3c(oc4cc(-c5cccc(-c6nc(-c7ccccc7)nc(-c7cccc8oc9ccccc9c78)n6)c5)ccc43)c21.CC(C)C1(C)c2ccccc2-c2ccc3c(oc4cc(-c5cccc(-c6nc(-c7ccccc7)nc(-c7cccc8c7-c7ccccc7C8(C)C)n6)c5)ccc43)c21. The molecule has 0 saturated heterocycles. The van der Waals surface area contributed by atoms with Crippen molar-refractivity contribution in [2.45, 2.75) is 78.6 Å². The van der Waals surface area contributed by atoms with Crippen LogP contribution >= 0.6 is 0 Å². The predicted molar refractivity (Wildman–Crippen MR) is 461 cm³/mol. The lowest BCUT2D eigenvalue weighted by Crippen LogP contribution is -2.36. The summed E-state index contributed by atoms with van der Waals surface area (Å²) in [5.74, 6) is 4.15. The highest BCUT2D eigenvalue weighted by molar-refractivity contribution is 6.13. The molecule has 3 aliphatic carbocycles. The van der Waals surface area contributed by atoms with Crippen LogP contribution in [0.25, 0.3) is 190 Å². The van der Waals surface area contributed by atoms with E-state index in [9.17, 15) is 0 Å². The van der Waals surface area contributed by atoms with Crippen LogP contribution in [0.1, 0.15) is 95.7 Å². The molecule has 22 rings (SSSR count). The van der Waals surface area contributed by atoms with Crippen LogP contribution in [0, 0.1) is 11.3 Å². The Morgan fingerprint density at radius 2 is 0.681 bits per heavy atom. The molecule has 0 radical (unpaired) electrons. The van der Waals surface area contributed by atoms with Crippen LogP contribution in [-0.4, -0.2) is 29.9 Å². The fourth-order valence-corrected chi connectivity index (χ4v) is 18.7. The Morgan fingerprint density at radius 1 is 0.274 bits per heavy atom. The minimum atomic E-state index is -0.221. The number of para-hydroxylation sites is 1. The first kappa shape index (κ1) is 67.6. The molecule has 0 bridgehead atoms. The molecule has 5 heterocycles. The number of rotatable bonds is 9. The number of fused-ring (bicyclic) bond motifs is 20. The first-order valence-corrected chi connectivity index (χ1v) is 39.2. The molecule has 0 saturated carbocycles. The zero-order chi connectivity index (χ0) is 76.4. The molecular formula is C104H78N6O3. The molecule has 0 amide bonds. The van der Waals surface area contributed by atoms with Gasteiger partial charge in [-0.1, -0.05) is 305 Å². The third kappa shape index (κ3) is 10.4. The average Bonchev–Trinajstić information content (AvgIpc) is 1.54. The van der Waals surface area contributed by atoms with Crippen LogP contribution < -0.4 is 0 Å². The van der Waals surface area contributed by atoms with Gasteiger partial charge in [-0.15, -0.1) is 0 Å². The largest absolute Gasteiger partial charge is 0.456 e. The Kier molecular flexibility index (Phi) is 15.1. The van der Waals surface area contributed by atoms with E-state index in [4.69, 9.17) is 43.2 Å². The number of aromatic nitrogens is 6. The third-order valence-corrected chi connectivity index (χ3v) is 25.2. The van der Waals surface area contributed by atoms with Crippen LogP contribution in [0.5, 0.6) is 0 Å². The fraction of sp³-hybridized carbons (Fsp3) is 0.135. The minimum absolute atomic E-state index is 0.0404. The fourth-order valence-electron chi connectivity index (χ4n) is 18.7. The topological polar surface area (TPSA) is 117 Å². The molecule has 3 aliphatic rings.